The molecule has 8 nitrogen and oxygen atoms in total. The molecular formula is C42H73N2O6P. The van der Waals surface area contributed by atoms with Crippen molar-refractivity contribution >= 4 is 19.4 Å². The molecule has 4 fully saturated rings. The van der Waals surface area contributed by atoms with E-state index >= 15 is 0 Å². The highest BCUT2D eigenvalue weighted by Crippen LogP contribution is 2.67. The molecule has 2 amide bonds. The summed E-state index contributed by atoms with van der Waals surface area (Å²) >= 11 is 0. The third-order valence-corrected chi connectivity index (χ3v) is 16.8. The van der Waals surface area contributed by atoms with E-state index in [4.69, 9.17) is 9.26 Å². The summed E-state index contributed by atoms with van der Waals surface area (Å²) in [4.78, 5) is 27.5. The molecule has 5 aliphatic rings. The Kier molecular flexibility index (Phi) is 13.9. The molecule has 1 heterocycles. The van der Waals surface area contributed by atoms with Crippen LogP contribution in [-0.2, 0) is 18.6 Å². The monoisotopic (exact) mass is 733 g/mol. The van der Waals surface area contributed by atoms with Crippen molar-refractivity contribution in [1.82, 2.24) is 10.2 Å². The molecular weight excluding hydrogens is 659 g/mol. The van der Waals surface area contributed by atoms with Gasteiger partial charge >= 0.3 is 6.09 Å². The molecule has 1 aliphatic heterocycles. The number of nitrogens with one attached hydrogen (secondary N) is 1. The lowest BCUT2D eigenvalue weighted by molar-refractivity contribution is -0.132. The average molecular weight is 733 g/mol. The molecule has 0 radical (unpaired) electrons. The zero-order chi connectivity index (χ0) is 37.0. The van der Waals surface area contributed by atoms with Crippen LogP contribution in [0.15, 0.2) is 11.6 Å². The maximum absolute atomic E-state index is 12.9. The van der Waals surface area contributed by atoms with Gasteiger partial charge in [-0.05, 0) is 116 Å². The minimum atomic E-state index is -2.67. The predicted octanol–water partition coefficient (Wildman–Crippen LogP) is 9.45. The Morgan fingerprint density at radius 2 is 1.82 bits per heavy atom. The van der Waals surface area contributed by atoms with Gasteiger partial charge in [0.05, 0.1) is 12.6 Å². The molecule has 1 saturated heterocycles. The Morgan fingerprint density at radius 1 is 1.04 bits per heavy atom. The summed E-state index contributed by atoms with van der Waals surface area (Å²) in [7, 11) is -1.20. The third-order valence-electron chi connectivity index (χ3n) is 14.9. The number of fused-ring (bicyclic) bond motifs is 5. The van der Waals surface area contributed by atoms with E-state index < -0.39 is 7.37 Å². The first-order valence-electron chi connectivity index (χ1n) is 20.9. The summed E-state index contributed by atoms with van der Waals surface area (Å²) in [5, 5.41) is 12.8. The zero-order valence-electron chi connectivity index (χ0n) is 33.3. The van der Waals surface area contributed by atoms with Crippen molar-refractivity contribution in [2.75, 3.05) is 39.6 Å². The third kappa shape index (κ3) is 9.48. The van der Waals surface area contributed by atoms with Crippen molar-refractivity contribution in [3.8, 4) is 0 Å². The van der Waals surface area contributed by atoms with Crippen LogP contribution < -0.4 is 5.32 Å². The lowest BCUT2D eigenvalue weighted by atomic mass is 9.47. The summed E-state index contributed by atoms with van der Waals surface area (Å²) in [6.45, 7) is 15.1. The van der Waals surface area contributed by atoms with Crippen molar-refractivity contribution in [3.63, 3.8) is 0 Å². The molecule has 11 atom stereocenters. The van der Waals surface area contributed by atoms with Gasteiger partial charge in [-0.15, -0.1) is 0 Å². The number of ether oxygens (including phenoxy) is 1. The fourth-order valence-corrected chi connectivity index (χ4v) is 13.4. The highest BCUT2D eigenvalue weighted by Gasteiger charge is 2.59. The van der Waals surface area contributed by atoms with E-state index in [-0.39, 0.29) is 42.1 Å². The zero-order valence-corrected chi connectivity index (χ0v) is 34.2. The van der Waals surface area contributed by atoms with Crippen LogP contribution in [0.3, 0.4) is 0 Å². The van der Waals surface area contributed by atoms with E-state index in [0.717, 1.165) is 74.0 Å². The van der Waals surface area contributed by atoms with E-state index in [0.29, 0.717) is 37.5 Å². The fourth-order valence-electron chi connectivity index (χ4n) is 12.0. The van der Waals surface area contributed by atoms with Gasteiger partial charge in [0, 0.05) is 45.9 Å². The predicted molar refractivity (Wildman–Crippen MR) is 206 cm³/mol. The minimum Gasteiger partial charge on any atom is -0.446 e. The van der Waals surface area contributed by atoms with Gasteiger partial charge in [-0.3, -0.25) is 9.36 Å². The van der Waals surface area contributed by atoms with Crippen molar-refractivity contribution in [2.45, 2.75) is 149 Å². The molecule has 0 aromatic carbocycles. The largest absolute Gasteiger partial charge is 0.446 e. The van der Waals surface area contributed by atoms with Crippen LogP contribution in [0.25, 0.3) is 0 Å². The number of alkyl carbamates (subject to hydrolysis) is 1. The number of aliphatic hydroxyl groups excluding tert-OH is 1. The number of carbonyl (C=O) groups is 2. The average Bonchev–Trinajstić information content (AvgIpc) is 3.66. The Morgan fingerprint density at radius 3 is 2.55 bits per heavy atom. The summed E-state index contributed by atoms with van der Waals surface area (Å²) in [5.41, 5.74) is 2.29. The first-order valence-corrected chi connectivity index (χ1v) is 23.1. The number of carbonyl (C=O) groups excluding carboxylic acids is 2. The van der Waals surface area contributed by atoms with E-state index in [9.17, 15) is 19.3 Å². The SMILES string of the molecule is COP(C)(=O)C[C@@H]1C[C@@H](CO)N(C(=O)CCCCCNC(=O)O[C@H]2CC[C@@]3(C)C(=CCC4C3CC[C@@]3(C)C4CC[C@@H]3[C@H](C)CCCC(C)C)C2)C1. The second kappa shape index (κ2) is 17.4. The Hall–Kier alpha value is -1.37. The number of aliphatic hydroxyl groups is 1. The van der Waals surface area contributed by atoms with Crippen molar-refractivity contribution in [2.24, 2.45) is 52.3 Å². The van der Waals surface area contributed by atoms with Crippen LogP contribution in [0.5, 0.6) is 0 Å². The number of allylic oxidation sites excluding steroid dienone is 1. The Bertz CT molecular complexity index is 1270. The molecule has 0 spiro atoms. The molecule has 292 valence electrons. The Balaban J connectivity index is 1.02. The fraction of sp³-hybridized carbons (Fsp3) is 0.905. The van der Waals surface area contributed by atoms with Crippen LogP contribution >= 0.6 is 7.37 Å². The highest BCUT2D eigenvalue weighted by molar-refractivity contribution is 7.58. The smallest absolute Gasteiger partial charge is 0.407 e. The Labute approximate surface area is 310 Å². The summed E-state index contributed by atoms with van der Waals surface area (Å²) < 4.78 is 23.6. The normalized spacial score (nSPS) is 36.5. The van der Waals surface area contributed by atoms with Crippen LogP contribution in [0.1, 0.15) is 137 Å². The second-order valence-electron chi connectivity index (χ2n) is 18.7. The second-order valence-corrected chi connectivity index (χ2v) is 21.4. The molecule has 4 unspecified atom stereocenters. The van der Waals surface area contributed by atoms with Crippen LogP contribution in [-0.4, -0.2) is 73.8 Å². The lowest BCUT2D eigenvalue weighted by Crippen LogP contribution is -2.51. The van der Waals surface area contributed by atoms with Crippen LogP contribution in [0.2, 0.25) is 0 Å². The maximum Gasteiger partial charge on any atom is 0.407 e. The number of nitrogens with zero attached hydrogens (tertiary/aromatic N) is 1. The maximum atomic E-state index is 12.9. The molecule has 5 rings (SSSR count). The number of unbranched alkanes of at least 4 members (excludes halogenated alkanes) is 2. The molecule has 4 aliphatic carbocycles. The van der Waals surface area contributed by atoms with Crippen molar-refractivity contribution in [1.29, 1.82) is 0 Å². The van der Waals surface area contributed by atoms with Crippen molar-refractivity contribution in [3.05, 3.63) is 11.6 Å². The molecule has 3 saturated carbocycles. The first-order chi connectivity index (χ1) is 24.2. The lowest BCUT2D eigenvalue weighted by Gasteiger charge is -2.58. The standard InChI is InChI=1S/C42H73N2O6P/c1-29(2)12-11-13-30(3)36-17-18-37-35-16-15-32-25-34(19-21-41(32,4)38(35)20-22-42(36,37)5)50-40(47)43-23-10-8-9-14-39(46)44-26-31(24-33(44)27-45)28-51(7,48)49-6/h15,29-31,33-38,45H,8-14,16-28H2,1-7H3,(H,43,47)/t30-,31-,33+,34+,35?,36-,37?,38?,41+,42-,51?/m1/s1. The number of likely N-dealkylation sites (tertiary alicyclic amines) is 1. The van der Waals surface area contributed by atoms with Gasteiger partial charge in [-0.1, -0.05) is 72.0 Å². The van der Waals surface area contributed by atoms with E-state index in [1.165, 1.54) is 58.5 Å². The van der Waals surface area contributed by atoms with Crippen LogP contribution in [0, 0.1) is 52.3 Å². The molecule has 51 heavy (non-hydrogen) atoms. The minimum absolute atomic E-state index is 0.0386. The van der Waals surface area contributed by atoms with E-state index in [2.05, 4.69) is 46.0 Å². The quantitative estimate of drug-likeness (QED) is 0.0931. The van der Waals surface area contributed by atoms with Gasteiger partial charge in [0.15, 0.2) is 7.37 Å². The van der Waals surface area contributed by atoms with Crippen molar-refractivity contribution < 1.29 is 28.5 Å². The molecule has 0 aromatic heterocycles. The summed E-state index contributed by atoms with van der Waals surface area (Å²) in [6, 6.07) is -0.212. The van der Waals surface area contributed by atoms with E-state index in [1.807, 2.05) is 0 Å². The number of hydrogen-bond acceptors (Lipinski definition) is 6. The van der Waals surface area contributed by atoms with E-state index in [1.54, 1.807) is 17.1 Å². The number of rotatable bonds is 16. The number of amides is 2. The molecule has 9 heteroatoms. The van der Waals surface area contributed by atoms with Crippen LogP contribution in [0.4, 0.5) is 4.79 Å². The highest BCUT2D eigenvalue weighted by atomic mass is 31.2. The molecule has 0 aromatic rings. The molecule has 0 bridgehead atoms. The first kappa shape index (κ1) is 40.8. The molecule has 2 N–H and O–H groups in total. The van der Waals surface area contributed by atoms with Gasteiger partial charge in [-0.25, -0.2) is 4.79 Å². The number of hydrogen-bond donors (Lipinski definition) is 2. The van der Waals surface area contributed by atoms with Gasteiger partial charge in [0.2, 0.25) is 5.91 Å². The van der Waals surface area contributed by atoms with Gasteiger partial charge in [-0.2, -0.15) is 0 Å². The van der Waals surface area contributed by atoms with Gasteiger partial charge < -0.3 is 24.6 Å². The summed E-state index contributed by atoms with van der Waals surface area (Å²) in [5.74, 6) is 5.08. The van der Waals surface area contributed by atoms with Gasteiger partial charge in [0.1, 0.15) is 6.10 Å². The topological polar surface area (TPSA) is 105 Å². The summed E-state index contributed by atoms with van der Waals surface area (Å²) in [6.07, 6.45) is 19.9. The van der Waals surface area contributed by atoms with Gasteiger partial charge in [0.25, 0.3) is 0 Å².